The van der Waals surface area contributed by atoms with Crippen molar-refractivity contribution in [3.8, 4) is 0 Å². The van der Waals surface area contributed by atoms with Gasteiger partial charge in [-0.3, -0.25) is 4.79 Å². The highest BCUT2D eigenvalue weighted by Gasteiger charge is 2.17. The van der Waals surface area contributed by atoms with Gasteiger partial charge in [-0.1, -0.05) is 17.8 Å². The van der Waals surface area contributed by atoms with Gasteiger partial charge in [0.1, 0.15) is 5.82 Å². The number of hydrogen-bond acceptors (Lipinski definition) is 5. The summed E-state index contributed by atoms with van der Waals surface area (Å²) in [5, 5.41) is 19.6. The molecule has 0 saturated carbocycles. The Kier molecular flexibility index (Phi) is 4.60. The second-order valence-electron chi connectivity index (χ2n) is 4.21. The molecule has 0 saturated heterocycles. The number of carbonyl (C=O) groups is 1. The molecule has 1 atom stereocenters. The average Bonchev–Trinajstić information content (AvgIpc) is 2.96. The van der Waals surface area contributed by atoms with E-state index in [-0.39, 0.29) is 11.8 Å². The summed E-state index contributed by atoms with van der Waals surface area (Å²) in [6.07, 6.45) is 0.900. The van der Waals surface area contributed by atoms with Crippen molar-refractivity contribution in [1.82, 2.24) is 14.8 Å². The van der Waals surface area contributed by atoms with Crippen LogP contribution in [0.15, 0.2) is 22.7 Å². The number of thioether (sulfide) groups is 1. The van der Waals surface area contributed by atoms with Crippen molar-refractivity contribution in [1.29, 1.82) is 0 Å². The normalized spacial score (nSPS) is 12.5. The number of thiophene rings is 1. The first kappa shape index (κ1) is 14.1. The maximum absolute atomic E-state index is 10.6. The number of rotatable bonds is 6. The van der Waals surface area contributed by atoms with E-state index in [0.29, 0.717) is 5.16 Å². The minimum Gasteiger partial charge on any atom is -0.481 e. The topological polar surface area (TPSA) is 68.0 Å². The second-order valence-corrected chi connectivity index (χ2v) is 6.19. The molecule has 0 fully saturated rings. The molecular weight excluding hydrogens is 282 g/mol. The van der Waals surface area contributed by atoms with Crippen LogP contribution in [0.4, 0.5) is 0 Å². The van der Waals surface area contributed by atoms with Gasteiger partial charge < -0.3 is 9.67 Å². The molecule has 0 radical (unpaired) electrons. The van der Waals surface area contributed by atoms with E-state index in [9.17, 15) is 4.79 Å². The van der Waals surface area contributed by atoms with Crippen LogP contribution >= 0.6 is 23.1 Å². The first-order chi connectivity index (χ1) is 9.08. The highest BCUT2D eigenvalue weighted by Crippen LogP contribution is 2.25. The molecular formula is C12H15N3O2S2. The van der Waals surface area contributed by atoms with Gasteiger partial charge in [0.25, 0.3) is 0 Å². The fourth-order valence-corrected chi connectivity index (χ4v) is 3.52. The van der Waals surface area contributed by atoms with Gasteiger partial charge in [-0.2, -0.15) is 0 Å². The molecule has 0 spiro atoms. The summed E-state index contributed by atoms with van der Waals surface area (Å²) in [6.45, 7) is 3.99. The van der Waals surface area contributed by atoms with Crippen molar-refractivity contribution >= 4 is 29.1 Å². The van der Waals surface area contributed by atoms with E-state index in [0.717, 1.165) is 12.2 Å². The largest absolute Gasteiger partial charge is 0.481 e. The maximum Gasteiger partial charge on any atom is 0.313 e. The summed E-state index contributed by atoms with van der Waals surface area (Å²) < 4.78 is 2.01. The third-order valence-corrected chi connectivity index (χ3v) is 4.50. The molecule has 0 amide bonds. The second kappa shape index (κ2) is 6.21. The quantitative estimate of drug-likeness (QED) is 0.830. The molecule has 102 valence electrons. The standard InChI is InChI=1S/C12H15N3O2S2/c1-8(6-10-4-3-5-18-10)15-9(2)13-14-12(15)19-7-11(16)17/h3-5,8H,6-7H2,1-2H3,(H,16,17). The Hall–Kier alpha value is -1.34. The van der Waals surface area contributed by atoms with E-state index in [1.165, 1.54) is 16.6 Å². The number of nitrogens with zero attached hydrogens (tertiary/aromatic N) is 3. The van der Waals surface area contributed by atoms with Crippen LogP contribution in [0.3, 0.4) is 0 Å². The fraction of sp³-hybridized carbons (Fsp3) is 0.417. The minimum atomic E-state index is -0.844. The number of hydrogen-bond donors (Lipinski definition) is 1. The van der Waals surface area contributed by atoms with Crippen LogP contribution in [0.5, 0.6) is 0 Å². The third-order valence-electron chi connectivity index (χ3n) is 2.68. The Bertz CT molecular complexity index is 551. The van der Waals surface area contributed by atoms with Crippen LogP contribution in [0.1, 0.15) is 23.7 Å². The van der Waals surface area contributed by atoms with Gasteiger partial charge in [-0.05, 0) is 25.3 Å². The molecule has 0 bridgehead atoms. The molecule has 0 aliphatic heterocycles. The number of aromatic nitrogens is 3. The van der Waals surface area contributed by atoms with Crippen LogP contribution in [0.25, 0.3) is 0 Å². The van der Waals surface area contributed by atoms with Gasteiger partial charge in [0.2, 0.25) is 0 Å². The monoisotopic (exact) mass is 297 g/mol. The average molecular weight is 297 g/mol. The Balaban J connectivity index is 2.13. The van der Waals surface area contributed by atoms with Crippen molar-refractivity contribution < 1.29 is 9.90 Å². The third kappa shape index (κ3) is 3.57. The SMILES string of the molecule is Cc1nnc(SCC(=O)O)n1C(C)Cc1cccs1. The van der Waals surface area contributed by atoms with Crippen LogP contribution in [-0.4, -0.2) is 31.6 Å². The number of carboxylic acid groups (broad SMARTS) is 1. The van der Waals surface area contributed by atoms with Crippen LogP contribution in [0.2, 0.25) is 0 Å². The molecule has 2 rings (SSSR count). The van der Waals surface area contributed by atoms with E-state index >= 15 is 0 Å². The van der Waals surface area contributed by atoms with Gasteiger partial charge in [-0.25, -0.2) is 0 Å². The molecule has 2 aromatic rings. The van der Waals surface area contributed by atoms with Gasteiger partial charge >= 0.3 is 5.97 Å². The molecule has 2 aromatic heterocycles. The predicted octanol–water partition coefficient (Wildman–Crippen LogP) is 2.63. The first-order valence-corrected chi connectivity index (χ1v) is 7.73. The van der Waals surface area contributed by atoms with Crippen molar-refractivity contribution in [2.24, 2.45) is 0 Å². The van der Waals surface area contributed by atoms with E-state index in [1.54, 1.807) is 11.3 Å². The van der Waals surface area contributed by atoms with E-state index < -0.39 is 5.97 Å². The van der Waals surface area contributed by atoms with Gasteiger partial charge in [0.05, 0.1) is 5.75 Å². The lowest BCUT2D eigenvalue weighted by molar-refractivity contribution is -0.133. The molecule has 5 nitrogen and oxygen atoms in total. The summed E-state index contributed by atoms with van der Waals surface area (Å²) in [5.74, 6) is -0.0239. The van der Waals surface area contributed by atoms with E-state index in [4.69, 9.17) is 5.11 Å². The zero-order valence-corrected chi connectivity index (χ0v) is 12.4. The lowest BCUT2D eigenvalue weighted by Gasteiger charge is -2.15. The fourth-order valence-electron chi connectivity index (χ4n) is 1.89. The molecule has 19 heavy (non-hydrogen) atoms. The summed E-state index contributed by atoms with van der Waals surface area (Å²) in [6, 6.07) is 4.35. The molecule has 2 heterocycles. The first-order valence-electron chi connectivity index (χ1n) is 5.86. The zero-order chi connectivity index (χ0) is 13.8. The van der Waals surface area contributed by atoms with Crippen LogP contribution in [0, 0.1) is 6.92 Å². The number of aryl methyl sites for hydroxylation is 1. The summed E-state index contributed by atoms with van der Waals surface area (Å²) in [5.41, 5.74) is 0. The lowest BCUT2D eigenvalue weighted by Crippen LogP contribution is -2.11. The smallest absolute Gasteiger partial charge is 0.313 e. The highest BCUT2D eigenvalue weighted by molar-refractivity contribution is 7.99. The Labute approximate surface area is 119 Å². The molecule has 0 aliphatic carbocycles. The van der Waals surface area contributed by atoms with E-state index in [2.05, 4.69) is 28.6 Å². The van der Waals surface area contributed by atoms with Gasteiger partial charge in [0.15, 0.2) is 5.16 Å². The molecule has 1 unspecified atom stereocenters. The minimum absolute atomic E-state index is 0.00382. The van der Waals surface area contributed by atoms with Gasteiger partial charge in [-0.15, -0.1) is 21.5 Å². The Morgan fingerprint density at radius 1 is 1.58 bits per heavy atom. The number of aliphatic carboxylic acids is 1. The Morgan fingerprint density at radius 3 is 3.00 bits per heavy atom. The summed E-state index contributed by atoms with van der Waals surface area (Å²) in [7, 11) is 0. The van der Waals surface area contributed by atoms with E-state index in [1.807, 2.05) is 17.6 Å². The summed E-state index contributed by atoms with van der Waals surface area (Å²) in [4.78, 5) is 11.9. The Morgan fingerprint density at radius 2 is 2.37 bits per heavy atom. The molecule has 7 heteroatoms. The molecule has 1 N–H and O–H groups in total. The lowest BCUT2D eigenvalue weighted by atomic mass is 10.2. The highest BCUT2D eigenvalue weighted by atomic mass is 32.2. The maximum atomic E-state index is 10.6. The summed E-state index contributed by atoms with van der Waals surface area (Å²) >= 11 is 2.93. The molecule has 0 aromatic carbocycles. The van der Waals surface area contributed by atoms with Crippen molar-refractivity contribution in [2.45, 2.75) is 31.5 Å². The predicted molar refractivity (Wildman–Crippen MR) is 75.9 cm³/mol. The zero-order valence-electron chi connectivity index (χ0n) is 10.7. The number of carboxylic acids is 1. The van der Waals surface area contributed by atoms with Crippen molar-refractivity contribution in [2.75, 3.05) is 5.75 Å². The van der Waals surface area contributed by atoms with Gasteiger partial charge in [0, 0.05) is 17.3 Å². The molecule has 0 aliphatic rings. The van der Waals surface area contributed by atoms with Crippen molar-refractivity contribution in [3.63, 3.8) is 0 Å². The van der Waals surface area contributed by atoms with Crippen molar-refractivity contribution in [3.05, 3.63) is 28.2 Å². The van der Waals surface area contributed by atoms with Crippen LogP contribution < -0.4 is 0 Å². The van der Waals surface area contributed by atoms with Crippen LogP contribution in [-0.2, 0) is 11.2 Å².